The normalized spacial score (nSPS) is 12.5. The number of aromatic nitrogens is 1. The minimum Gasteiger partial charge on any atom is -0.497 e. The van der Waals surface area contributed by atoms with Crippen LogP contribution in [-0.4, -0.2) is 44.5 Å². The van der Waals surface area contributed by atoms with Gasteiger partial charge < -0.3 is 9.30 Å². The van der Waals surface area contributed by atoms with E-state index in [1.165, 1.54) is 14.0 Å². The van der Waals surface area contributed by atoms with Crippen molar-refractivity contribution in [2.24, 2.45) is 5.10 Å². The van der Waals surface area contributed by atoms with Crippen LogP contribution in [0, 0.1) is 13.8 Å². The highest BCUT2D eigenvalue weighted by atomic mass is 79.9. The lowest BCUT2D eigenvalue weighted by molar-refractivity contribution is -0.121. The minimum atomic E-state index is -3.73. The third-order valence-electron chi connectivity index (χ3n) is 5.33. The third kappa shape index (κ3) is 5.68. The Morgan fingerprint density at radius 2 is 1.85 bits per heavy atom. The molecule has 0 bridgehead atoms. The van der Waals surface area contributed by atoms with Crippen molar-refractivity contribution in [3.63, 3.8) is 0 Å². The maximum Gasteiger partial charge on any atom is 0.263 e. The number of nitrogens with zero attached hydrogens (tertiary/aromatic N) is 3. The Bertz CT molecular complexity index is 1320. The number of hydrogen-bond acceptors (Lipinski definition) is 5. The number of amides is 1. The van der Waals surface area contributed by atoms with Gasteiger partial charge in [0.25, 0.3) is 5.91 Å². The van der Waals surface area contributed by atoms with Crippen LogP contribution in [0.2, 0.25) is 0 Å². The zero-order chi connectivity index (χ0) is 25.0. The molecule has 0 saturated heterocycles. The van der Waals surface area contributed by atoms with Crippen LogP contribution in [0.1, 0.15) is 23.9 Å². The number of halogens is 1. The monoisotopic (exact) mass is 546 g/mol. The van der Waals surface area contributed by atoms with Crippen molar-refractivity contribution in [1.29, 1.82) is 0 Å². The molecule has 1 aromatic heterocycles. The number of benzene rings is 2. The number of aryl methyl sites for hydroxylation is 1. The smallest absolute Gasteiger partial charge is 0.263 e. The molecule has 34 heavy (non-hydrogen) atoms. The first-order valence-corrected chi connectivity index (χ1v) is 13.1. The summed E-state index contributed by atoms with van der Waals surface area (Å²) in [7, 11) is -2.21. The van der Waals surface area contributed by atoms with Crippen LogP contribution in [0.5, 0.6) is 5.75 Å². The van der Waals surface area contributed by atoms with Gasteiger partial charge in [0.2, 0.25) is 10.0 Å². The van der Waals surface area contributed by atoms with Crippen molar-refractivity contribution in [1.82, 2.24) is 9.99 Å². The largest absolute Gasteiger partial charge is 0.497 e. The number of rotatable bonds is 8. The van der Waals surface area contributed by atoms with E-state index < -0.39 is 22.0 Å². The summed E-state index contributed by atoms with van der Waals surface area (Å²) in [4.78, 5) is 12.8. The average Bonchev–Trinajstić information content (AvgIpc) is 3.06. The molecule has 0 aliphatic rings. The molecule has 1 N–H and O–H groups in total. The molecule has 0 saturated carbocycles. The van der Waals surface area contributed by atoms with Crippen molar-refractivity contribution >= 4 is 43.8 Å². The van der Waals surface area contributed by atoms with E-state index in [1.807, 2.05) is 44.2 Å². The van der Waals surface area contributed by atoms with Crippen LogP contribution in [0.25, 0.3) is 5.69 Å². The Labute approximate surface area is 208 Å². The summed E-state index contributed by atoms with van der Waals surface area (Å²) < 4.78 is 34.1. The van der Waals surface area contributed by atoms with Crippen molar-refractivity contribution in [2.75, 3.05) is 17.7 Å². The molecule has 3 rings (SSSR count). The molecule has 1 amide bonds. The van der Waals surface area contributed by atoms with Gasteiger partial charge >= 0.3 is 0 Å². The Kier molecular flexibility index (Phi) is 7.83. The molecule has 0 aliphatic heterocycles. The molecule has 180 valence electrons. The highest BCUT2D eigenvalue weighted by Crippen LogP contribution is 2.24. The van der Waals surface area contributed by atoms with Gasteiger partial charge in [-0.3, -0.25) is 9.10 Å². The fourth-order valence-electron chi connectivity index (χ4n) is 3.73. The Morgan fingerprint density at radius 3 is 2.44 bits per heavy atom. The molecule has 0 unspecified atom stereocenters. The van der Waals surface area contributed by atoms with Gasteiger partial charge in [0, 0.05) is 27.1 Å². The summed E-state index contributed by atoms with van der Waals surface area (Å²) in [5, 5.41) is 4.09. The van der Waals surface area contributed by atoms with Gasteiger partial charge in [-0.1, -0.05) is 22.0 Å². The van der Waals surface area contributed by atoms with Crippen molar-refractivity contribution in [2.45, 2.75) is 26.8 Å². The van der Waals surface area contributed by atoms with Gasteiger partial charge in [-0.25, -0.2) is 13.8 Å². The molecule has 0 aliphatic carbocycles. The second kappa shape index (κ2) is 10.4. The maximum absolute atomic E-state index is 12.8. The number of methoxy groups -OCH3 is 1. The molecule has 1 atom stereocenters. The topological polar surface area (TPSA) is 93.0 Å². The van der Waals surface area contributed by atoms with E-state index in [2.05, 4.69) is 31.0 Å². The second-order valence-electron chi connectivity index (χ2n) is 7.81. The van der Waals surface area contributed by atoms with Crippen LogP contribution in [-0.2, 0) is 14.8 Å². The fraction of sp³-hybridized carbons (Fsp3) is 0.250. The Balaban J connectivity index is 1.79. The van der Waals surface area contributed by atoms with E-state index >= 15 is 0 Å². The molecule has 0 fully saturated rings. The number of hydrogen-bond donors (Lipinski definition) is 1. The first kappa shape index (κ1) is 25.5. The molecular formula is C24H27BrN4O4S. The first-order valence-electron chi connectivity index (χ1n) is 10.4. The number of nitrogens with one attached hydrogen (secondary N) is 1. The van der Waals surface area contributed by atoms with Crippen LogP contribution in [0.3, 0.4) is 0 Å². The van der Waals surface area contributed by atoms with Gasteiger partial charge in [-0.15, -0.1) is 0 Å². The van der Waals surface area contributed by atoms with Crippen LogP contribution < -0.4 is 14.5 Å². The van der Waals surface area contributed by atoms with Gasteiger partial charge in [-0.05, 0) is 69.3 Å². The Hall–Kier alpha value is -3.11. The fourth-order valence-corrected chi connectivity index (χ4v) is 5.29. The molecule has 3 aromatic rings. The van der Waals surface area contributed by atoms with Gasteiger partial charge in [-0.2, -0.15) is 5.10 Å². The number of anilines is 1. The van der Waals surface area contributed by atoms with Crippen molar-refractivity contribution in [3.05, 3.63) is 76.0 Å². The summed E-state index contributed by atoms with van der Waals surface area (Å²) in [6.07, 6.45) is 2.61. The summed E-state index contributed by atoms with van der Waals surface area (Å²) in [6, 6.07) is 15.3. The average molecular weight is 547 g/mol. The molecule has 8 nitrogen and oxygen atoms in total. The van der Waals surface area contributed by atoms with Crippen molar-refractivity contribution in [3.8, 4) is 11.4 Å². The van der Waals surface area contributed by atoms with Gasteiger partial charge in [0.05, 0.1) is 25.3 Å². The number of sulfonamides is 1. The molecular weight excluding hydrogens is 520 g/mol. The predicted molar refractivity (Wildman–Crippen MR) is 138 cm³/mol. The van der Waals surface area contributed by atoms with Crippen LogP contribution in [0.15, 0.2) is 64.2 Å². The number of ether oxygens (including phenoxy) is 1. The summed E-state index contributed by atoms with van der Waals surface area (Å²) in [5.74, 6) is 0.0256. The number of carbonyl (C=O) groups is 1. The van der Waals surface area contributed by atoms with Crippen LogP contribution in [0.4, 0.5) is 5.69 Å². The molecule has 0 spiro atoms. The molecule has 0 radical (unpaired) electrons. The zero-order valence-electron chi connectivity index (χ0n) is 19.6. The predicted octanol–water partition coefficient (Wildman–Crippen LogP) is 4.17. The highest BCUT2D eigenvalue weighted by molar-refractivity contribution is 9.10. The van der Waals surface area contributed by atoms with Crippen molar-refractivity contribution < 1.29 is 17.9 Å². The van der Waals surface area contributed by atoms with E-state index in [9.17, 15) is 13.2 Å². The van der Waals surface area contributed by atoms with E-state index in [1.54, 1.807) is 30.5 Å². The highest BCUT2D eigenvalue weighted by Gasteiger charge is 2.29. The molecule has 2 aromatic carbocycles. The standard InChI is InChI=1S/C24H27BrN4O4S/c1-16-13-19(17(2)28(16)22-8-6-7-20(25)14-22)15-26-27-24(30)18(3)29(34(5,31)32)21-9-11-23(33-4)12-10-21/h6-15,18H,1-5H3,(H,27,30)/b26-15-/t18-/m1/s1. The zero-order valence-corrected chi connectivity index (χ0v) is 22.0. The Morgan fingerprint density at radius 1 is 1.18 bits per heavy atom. The van der Waals surface area contributed by atoms with E-state index in [0.717, 1.165) is 37.7 Å². The lowest BCUT2D eigenvalue weighted by atomic mass is 10.2. The first-order chi connectivity index (χ1) is 16.0. The molecule has 10 heteroatoms. The lowest BCUT2D eigenvalue weighted by Gasteiger charge is -2.27. The summed E-state index contributed by atoms with van der Waals surface area (Å²) in [5.41, 5.74) is 6.63. The van der Waals surface area contributed by atoms with Gasteiger partial charge in [0.15, 0.2) is 0 Å². The third-order valence-corrected chi connectivity index (χ3v) is 7.07. The quantitative estimate of drug-likeness (QED) is 0.339. The van der Waals surface area contributed by atoms with Gasteiger partial charge in [0.1, 0.15) is 11.8 Å². The van der Waals surface area contributed by atoms with E-state index in [4.69, 9.17) is 4.74 Å². The summed E-state index contributed by atoms with van der Waals surface area (Å²) >= 11 is 3.50. The van der Waals surface area contributed by atoms with Crippen LogP contribution >= 0.6 is 15.9 Å². The minimum absolute atomic E-state index is 0.354. The lowest BCUT2D eigenvalue weighted by Crippen LogP contribution is -2.46. The second-order valence-corrected chi connectivity index (χ2v) is 10.6. The number of carbonyl (C=O) groups excluding carboxylic acids is 1. The van der Waals surface area contributed by atoms with E-state index in [0.29, 0.717) is 11.4 Å². The van der Waals surface area contributed by atoms with E-state index in [-0.39, 0.29) is 0 Å². The number of hydrazone groups is 1. The maximum atomic E-state index is 12.8. The molecule has 1 heterocycles. The summed E-state index contributed by atoms with van der Waals surface area (Å²) in [6.45, 7) is 5.47. The SMILES string of the molecule is COc1ccc(N([C@H](C)C(=O)N/N=C\c2cc(C)n(-c3cccc(Br)c3)c2C)S(C)(=O)=O)cc1.